The summed E-state index contributed by atoms with van der Waals surface area (Å²) < 4.78 is 21.3. The summed E-state index contributed by atoms with van der Waals surface area (Å²) >= 11 is 0. The van der Waals surface area contributed by atoms with Gasteiger partial charge >= 0.3 is 5.97 Å². The molecular formula is C26H35NO6. The number of ketones is 1. The third kappa shape index (κ3) is 5.83. The van der Waals surface area contributed by atoms with E-state index in [1.807, 2.05) is 18.2 Å². The molecule has 1 aliphatic heterocycles. The minimum Gasteiger partial charge on any atom is -0.452 e. The molecule has 4 rings (SSSR count). The second kappa shape index (κ2) is 11.3. The summed E-state index contributed by atoms with van der Waals surface area (Å²) in [6.07, 6.45) is 7.39. The zero-order valence-electron chi connectivity index (χ0n) is 19.6. The molecule has 7 heteroatoms. The van der Waals surface area contributed by atoms with E-state index in [4.69, 9.17) is 18.6 Å². The Balaban J connectivity index is 1.41. The quantitative estimate of drug-likeness (QED) is 0.541. The maximum Gasteiger partial charge on any atom is 0.374 e. The average Bonchev–Trinajstić information content (AvgIpc) is 3.47. The van der Waals surface area contributed by atoms with Gasteiger partial charge in [-0.2, -0.15) is 0 Å². The average molecular weight is 458 g/mol. The minimum atomic E-state index is -0.562. The molecule has 1 saturated carbocycles. The number of carbonyl (C=O) groups is 2. The van der Waals surface area contributed by atoms with Crippen molar-refractivity contribution in [2.24, 2.45) is 11.8 Å². The summed E-state index contributed by atoms with van der Waals surface area (Å²) in [6.45, 7) is 1.41. The first-order chi connectivity index (χ1) is 16.1. The van der Waals surface area contributed by atoms with E-state index in [1.54, 1.807) is 20.3 Å². The summed E-state index contributed by atoms with van der Waals surface area (Å²) in [5, 5.41) is 4.25. The number of esters is 1. The van der Waals surface area contributed by atoms with E-state index in [-0.39, 0.29) is 30.8 Å². The van der Waals surface area contributed by atoms with Gasteiger partial charge in [0, 0.05) is 26.0 Å². The summed E-state index contributed by atoms with van der Waals surface area (Å²) in [5.74, 6) is 0.957. The molecule has 0 radical (unpaired) electrons. The van der Waals surface area contributed by atoms with Crippen molar-refractivity contribution in [3.8, 4) is 0 Å². The third-order valence-corrected chi connectivity index (χ3v) is 7.01. The summed E-state index contributed by atoms with van der Waals surface area (Å²) in [6, 6.07) is 7.28. The van der Waals surface area contributed by atoms with Crippen molar-refractivity contribution in [3.63, 3.8) is 0 Å². The van der Waals surface area contributed by atoms with Crippen LogP contribution in [-0.4, -0.2) is 57.9 Å². The predicted molar refractivity (Wildman–Crippen MR) is 124 cm³/mol. The summed E-state index contributed by atoms with van der Waals surface area (Å²) in [7, 11) is 3.08. The lowest BCUT2D eigenvalue weighted by Gasteiger charge is -2.30. The fraction of sp³-hybridized carbons (Fsp3) is 0.615. The van der Waals surface area contributed by atoms with Crippen molar-refractivity contribution >= 4 is 22.7 Å². The molecule has 1 aromatic carbocycles. The summed E-state index contributed by atoms with van der Waals surface area (Å²) in [5.41, 5.74) is 1.52. The van der Waals surface area contributed by atoms with Crippen LogP contribution in [0.3, 0.4) is 0 Å². The fourth-order valence-electron chi connectivity index (χ4n) is 5.46. The molecule has 180 valence electrons. The van der Waals surface area contributed by atoms with Crippen LogP contribution in [0.25, 0.3) is 11.0 Å². The molecule has 7 nitrogen and oxygen atoms in total. The van der Waals surface area contributed by atoms with Crippen LogP contribution >= 0.6 is 0 Å². The first-order valence-electron chi connectivity index (χ1n) is 12.1. The highest BCUT2D eigenvalue weighted by Gasteiger charge is 2.37. The van der Waals surface area contributed by atoms with Gasteiger partial charge in [0.05, 0.1) is 19.3 Å². The van der Waals surface area contributed by atoms with E-state index >= 15 is 0 Å². The van der Waals surface area contributed by atoms with Gasteiger partial charge in [0.2, 0.25) is 5.76 Å². The maximum absolute atomic E-state index is 13.2. The molecule has 2 aromatic rings. The Morgan fingerprint density at radius 3 is 2.55 bits per heavy atom. The second-order valence-corrected chi connectivity index (χ2v) is 9.35. The monoisotopic (exact) mass is 457 g/mol. The lowest BCUT2D eigenvalue weighted by molar-refractivity contribution is -0.121. The number of ether oxygens (including phenoxy) is 3. The molecule has 2 aliphatic rings. The largest absolute Gasteiger partial charge is 0.452 e. The van der Waals surface area contributed by atoms with E-state index in [1.165, 1.54) is 32.1 Å². The van der Waals surface area contributed by atoms with Crippen molar-refractivity contribution in [2.45, 2.75) is 57.1 Å². The van der Waals surface area contributed by atoms with Crippen LogP contribution in [0.1, 0.15) is 54.6 Å². The fourth-order valence-corrected chi connectivity index (χ4v) is 5.46. The lowest BCUT2D eigenvalue weighted by Crippen LogP contribution is -2.40. The van der Waals surface area contributed by atoms with Gasteiger partial charge < -0.3 is 23.9 Å². The molecule has 2 fully saturated rings. The highest BCUT2D eigenvalue weighted by Crippen LogP contribution is 2.36. The van der Waals surface area contributed by atoms with E-state index in [9.17, 15) is 9.59 Å². The second-order valence-electron chi connectivity index (χ2n) is 9.35. The van der Waals surface area contributed by atoms with Crippen molar-refractivity contribution < 1.29 is 28.2 Å². The number of Topliss-reactive ketones (excluding diaryl/α,β-unsaturated/α-hetero) is 1. The van der Waals surface area contributed by atoms with E-state index in [0.29, 0.717) is 23.8 Å². The van der Waals surface area contributed by atoms with Crippen molar-refractivity contribution in [3.05, 3.63) is 35.6 Å². The SMILES string of the molecule is COCC(COC)OC(=O)c1cc2cc(CC(=O)[C@H]3NCC[C@H]3C3CCCCC3)ccc2o1. The van der Waals surface area contributed by atoms with Gasteiger partial charge in [-0.25, -0.2) is 4.79 Å². The molecule has 2 heterocycles. The Kier molecular flexibility index (Phi) is 8.17. The Labute approximate surface area is 195 Å². The number of fused-ring (bicyclic) bond motifs is 1. The highest BCUT2D eigenvalue weighted by atomic mass is 16.6. The normalized spacial score (nSPS) is 21.7. The topological polar surface area (TPSA) is 87.0 Å². The molecule has 0 bridgehead atoms. The molecule has 33 heavy (non-hydrogen) atoms. The molecular weight excluding hydrogens is 422 g/mol. The van der Waals surface area contributed by atoms with Gasteiger partial charge in [-0.05, 0) is 48.6 Å². The van der Waals surface area contributed by atoms with Gasteiger partial charge in [0.25, 0.3) is 0 Å². The number of nitrogens with one attached hydrogen (secondary N) is 1. The first-order valence-corrected chi connectivity index (χ1v) is 12.1. The minimum absolute atomic E-state index is 0.0443. The number of hydrogen-bond donors (Lipinski definition) is 1. The molecule has 1 aliphatic carbocycles. The Morgan fingerprint density at radius 2 is 1.82 bits per heavy atom. The molecule has 2 atom stereocenters. The molecule has 1 N–H and O–H groups in total. The molecule has 0 spiro atoms. The maximum atomic E-state index is 13.2. The lowest BCUT2D eigenvalue weighted by atomic mass is 9.75. The zero-order valence-corrected chi connectivity index (χ0v) is 19.6. The van der Waals surface area contributed by atoms with Crippen LogP contribution in [0, 0.1) is 11.8 Å². The Hall–Kier alpha value is -2.22. The Bertz CT molecular complexity index is 941. The third-order valence-electron chi connectivity index (χ3n) is 7.01. The number of carbonyl (C=O) groups excluding carboxylic acids is 2. The van der Waals surface area contributed by atoms with Gasteiger partial charge in [-0.3, -0.25) is 4.79 Å². The van der Waals surface area contributed by atoms with Crippen molar-refractivity contribution in [1.82, 2.24) is 5.32 Å². The molecule has 0 unspecified atom stereocenters. The van der Waals surface area contributed by atoms with Crippen LogP contribution in [0.2, 0.25) is 0 Å². The number of methoxy groups -OCH3 is 2. The highest BCUT2D eigenvalue weighted by molar-refractivity contribution is 5.93. The van der Waals surface area contributed by atoms with Crippen molar-refractivity contribution in [2.75, 3.05) is 34.0 Å². The number of rotatable bonds is 10. The smallest absolute Gasteiger partial charge is 0.374 e. The molecule has 1 aromatic heterocycles. The summed E-state index contributed by atoms with van der Waals surface area (Å²) in [4.78, 5) is 25.7. The van der Waals surface area contributed by atoms with Crippen LogP contribution in [0.5, 0.6) is 0 Å². The van der Waals surface area contributed by atoms with Crippen molar-refractivity contribution in [1.29, 1.82) is 0 Å². The van der Waals surface area contributed by atoms with E-state index in [0.717, 1.165) is 23.9 Å². The number of hydrogen-bond acceptors (Lipinski definition) is 7. The van der Waals surface area contributed by atoms with Gasteiger partial charge in [-0.1, -0.05) is 38.2 Å². The van der Waals surface area contributed by atoms with Gasteiger partial charge in [0.15, 0.2) is 5.78 Å². The molecule has 0 amide bonds. The first kappa shape index (κ1) is 23.9. The van der Waals surface area contributed by atoms with Gasteiger partial charge in [0.1, 0.15) is 11.7 Å². The standard InChI is InChI=1S/C26H35NO6/c1-30-15-20(16-31-2)32-26(29)24-14-19-12-17(8-9-23(19)33-24)13-22(28)25-21(10-11-27-25)18-6-4-3-5-7-18/h8-9,12,14,18,20-21,25,27H,3-7,10-11,13,15-16H2,1-2H3/t21-,25-/m0/s1. The van der Waals surface area contributed by atoms with Crippen LogP contribution in [0.15, 0.2) is 28.7 Å². The van der Waals surface area contributed by atoms with Gasteiger partial charge in [-0.15, -0.1) is 0 Å². The van der Waals surface area contributed by atoms with Crippen LogP contribution in [-0.2, 0) is 25.4 Å². The number of furan rings is 1. The predicted octanol–water partition coefficient (Wildman–Crippen LogP) is 3.92. The number of benzene rings is 1. The van der Waals surface area contributed by atoms with Crippen LogP contribution < -0.4 is 5.32 Å². The van der Waals surface area contributed by atoms with E-state index in [2.05, 4.69) is 5.32 Å². The molecule has 1 saturated heterocycles. The van der Waals surface area contributed by atoms with Crippen LogP contribution in [0.4, 0.5) is 0 Å². The zero-order chi connectivity index (χ0) is 23.2. The Morgan fingerprint density at radius 1 is 1.06 bits per heavy atom. The van der Waals surface area contributed by atoms with E-state index < -0.39 is 12.1 Å².